The molecule has 0 aliphatic carbocycles. The number of ether oxygens (including phenoxy) is 1. The maximum absolute atomic E-state index is 11.8. The summed E-state index contributed by atoms with van der Waals surface area (Å²) in [5.74, 6) is 0.654. The highest BCUT2D eigenvalue weighted by Crippen LogP contribution is 2.25. The van der Waals surface area contributed by atoms with Crippen molar-refractivity contribution in [3.8, 4) is 0 Å². The third-order valence-electron chi connectivity index (χ3n) is 2.32. The summed E-state index contributed by atoms with van der Waals surface area (Å²) in [6.45, 7) is 5.95. The second-order valence-corrected chi connectivity index (χ2v) is 4.55. The first-order valence-corrected chi connectivity index (χ1v) is 6.55. The summed E-state index contributed by atoms with van der Waals surface area (Å²) in [4.78, 5) is 15.9. The van der Waals surface area contributed by atoms with Crippen LogP contribution in [0.3, 0.4) is 0 Å². The SMILES string of the molecule is CCOC(=O)c1c(C)nsc1NCc1noc(C)n1. The van der Waals surface area contributed by atoms with E-state index in [9.17, 15) is 4.79 Å². The number of carbonyl (C=O) groups excluding carboxylic acids is 1. The Hall–Kier alpha value is -1.96. The van der Waals surface area contributed by atoms with Crippen LogP contribution in [0.5, 0.6) is 0 Å². The summed E-state index contributed by atoms with van der Waals surface area (Å²) < 4.78 is 14.0. The van der Waals surface area contributed by atoms with Gasteiger partial charge in [-0.05, 0) is 25.4 Å². The van der Waals surface area contributed by atoms with E-state index in [0.29, 0.717) is 41.1 Å². The predicted octanol–water partition coefficient (Wildman–Crippen LogP) is 1.93. The van der Waals surface area contributed by atoms with Crippen LogP contribution >= 0.6 is 11.5 Å². The van der Waals surface area contributed by atoms with Gasteiger partial charge in [-0.1, -0.05) is 5.16 Å². The van der Waals surface area contributed by atoms with Crippen LogP contribution in [0.1, 0.15) is 34.7 Å². The van der Waals surface area contributed by atoms with Crippen LogP contribution in [0.15, 0.2) is 4.52 Å². The van der Waals surface area contributed by atoms with Crippen LogP contribution in [0.4, 0.5) is 5.00 Å². The van der Waals surface area contributed by atoms with Crippen molar-refractivity contribution in [2.24, 2.45) is 0 Å². The summed E-state index contributed by atoms with van der Waals surface area (Å²) in [6.07, 6.45) is 0. The van der Waals surface area contributed by atoms with E-state index in [1.54, 1.807) is 20.8 Å². The predicted molar refractivity (Wildman–Crippen MR) is 69.2 cm³/mol. The molecule has 2 rings (SSSR count). The maximum atomic E-state index is 11.8. The largest absolute Gasteiger partial charge is 0.462 e. The summed E-state index contributed by atoms with van der Waals surface area (Å²) in [6, 6.07) is 0. The molecule has 0 atom stereocenters. The molecule has 0 radical (unpaired) electrons. The van der Waals surface area contributed by atoms with Gasteiger partial charge in [0.2, 0.25) is 5.89 Å². The van der Waals surface area contributed by atoms with Gasteiger partial charge in [0.15, 0.2) is 5.82 Å². The summed E-state index contributed by atoms with van der Waals surface area (Å²) in [5, 5.41) is 7.49. The zero-order chi connectivity index (χ0) is 13.8. The Morgan fingerprint density at radius 1 is 1.47 bits per heavy atom. The molecule has 1 N–H and O–H groups in total. The van der Waals surface area contributed by atoms with Crippen molar-refractivity contribution >= 4 is 22.5 Å². The highest BCUT2D eigenvalue weighted by Gasteiger charge is 2.19. The number of aryl methyl sites for hydroxylation is 2. The van der Waals surface area contributed by atoms with Crippen molar-refractivity contribution in [1.82, 2.24) is 14.5 Å². The molecular formula is C11H14N4O3S. The normalized spacial score (nSPS) is 10.5. The van der Waals surface area contributed by atoms with Crippen LogP contribution in [0.2, 0.25) is 0 Å². The van der Waals surface area contributed by atoms with Crippen LogP contribution in [-0.2, 0) is 11.3 Å². The molecule has 0 aromatic carbocycles. The second kappa shape index (κ2) is 5.79. The quantitative estimate of drug-likeness (QED) is 0.838. The van der Waals surface area contributed by atoms with Crippen molar-refractivity contribution in [2.45, 2.75) is 27.3 Å². The van der Waals surface area contributed by atoms with Crippen LogP contribution in [0.25, 0.3) is 0 Å². The third kappa shape index (κ3) is 3.08. The molecule has 0 saturated heterocycles. The zero-order valence-electron chi connectivity index (χ0n) is 10.9. The van der Waals surface area contributed by atoms with E-state index in [2.05, 4.69) is 19.8 Å². The number of esters is 1. The third-order valence-corrected chi connectivity index (χ3v) is 3.22. The van der Waals surface area contributed by atoms with Crippen LogP contribution in [-0.4, -0.2) is 27.1 Å². The van der Waals surface area contributed by atoms with Crippen molar-refractivity contribution in [3.63, 3.8) is 0 Å². The number of nitrogens with one attached hydrogen (secondary N) is 1. The lowest BCUT2D eigenvalue weighted by molar-refractivity contribution is 0.0527. The molecule has 2 aromatic rings. The average molecular weight is 282 g/mol. The van der Waals surface area contributed by atoms with Crippen molar-refractivity contribution in [3.05, 3.63) is 23.0 Å². The van der Waals surface area contributed by atoms with E-state index in [-0.39, 0.29) is 5.97 Å². The topological polar surface area (TPSA) is 90.1 Å². The van der Waals surface area contributed by atoms with Crippen molar-refractivity contribution in [1.29, 1.82) is 0 Å². The fourth-order valence-corrected chi connectivity index (χ4v) is 2.29. The molecule has 0 aliphatic rings. The fourth-order valence-electron chi connectivity index (χ4n) is 1.51. The average Bonchev–Trinajstić information content (AvgIpc) is 2.93. The first-order valence-electron chi connectivity index (χ1n) is 5.78. The molecule has 19 heavy (non-hydrogen) atoms. The Kier molecular flexibility index (Phi) is 4.10. The van der Waals surface area contributed by atoms with Gasteiger partial charge in [0, 0.05) is 6.92 Å². The first kappa shape index (κ1) is 13.5. The minimum Gasteiger partial charge on any atom is -0.462 e. The van der Waals surface area contributed by atoms with Gasteiger partial charge in [-0.2, -0.15) is 9.36 Å². The lowest BCUT2D eigenvalue weighted by Crippen LogP contribution is -2.09. The molecule has 0 spiro atoms. The van der Waals surface area contributed by atoms with Crippen LogP contribution < -0.4 is 5.32 Å². The molecule has 0 bridgehead atoms. The smallest absolute Gasteiger partial charge is 0.343 e. The van der Waals surface area contributed by atoms with Crippen LogP contribution in [0, 0.1) is 13.8 Å². The van der Waals surface area contributed by atoms with E-state index >= 15 is 0 Å². The van der Waals surface area contributed by atoms with E-state index in [4.69, 9.17) is 9.26 Å². The van der Waals surface area contributed by atoms with Gasteiger partial charge >= 0.3 is 5.97 Å². The number of carbonyl (C=O) groups is 1. The standard InChI is InChI=1S/C11H14N4O3S/c1-4-17-11(16)9-6(2)15-19-10(9)12-5-8-13-7(3)18-14-8/h12H,4-5H2,1-3H3. The maximum Gasteiger partial charge on any atom is 0.343 e. The zero-order valence-corrected chi connectivity index (χ0v) is 11.7. The number of anilines is 1. The highest BCUT2D eigenvalue weighted by atomic mass is 32.1. The summed E-state index contributed by atoms with van der Waals surface area (Å²) in [7, 11) is 0. The molecular weight excluding hydrogens is 268 g/mol. The molecule has 2 heterocycles. The van der Waals surface area contributed by atoms with Gasteiger partial charge in [-0.3, -0.25) is 0 Å². The monoisotopic (exact) mass is 282 g/mol. The van der Waals surface area contributed by atoms with E-state index in [0.717, 1.165) is 0 Å². The number of aromatic nitrogens is 3. The minimum atomic E-state index is -0.374. The Morgan fingerprint density at radius 2 is 2.26 bits per heavy atom. The molecule has 2 aromatic heterocycles. The molecule has 7 nitrogen and oxygen atoms in total. The number of hydrogen-bond donors (Lipinski definition) is 1. The molecule has 8 heteroatoms. The van der Waals surface area contributed by atoms with Gasteiger partial charge in [-0.15, -0.1) is 0 Å². The molecule has 0 unspecified atom stereocenters. The highest BCUT2D eigenvalue weighted by molar-refractivity contribution is 7.10. The fraction of sp³-hybridized carbons (Fsp3) is 0.455. The second-order valence-electron chi connectivity index (χ2n) is 3.78. The Labute approximate surface area is 114 Å². The minimum absolute atomic E-state index is 0.331. The molecule has 0 aliphatic heterocycles. The summed E-state index contributed by atoms with van der Waals surface area (Å²) in [5.41, 5.74) is 1.11. The number of hydrogen-bond acceptors (Lipinski definition) is 8. The van der Waals surface area contributed by atoms with Gasteiger partial charge in [0.05, 0.1) is 18.8 Å². The Bertz CT molecular complexity index is 578. The van der Waals surface area contributed by atoms with Gasteiger partial charge in [-0.25, -0.2) is 4.79 Å². The van der Waals surface area contributed by atoms with Crippen molar-refractivity contribution in [2.75, 3.05) is 11.9 Å². The summed E-state index contributed by atoms with van der Waals surface area (Å²) >= 11 is 1.21. The Balaban J connectivity index is 2.10. The van der Waals surface area contributed by atoms with Gasteiger partial charge in [0.25, 0.3) is 0 Å². The molecule has 102 valence electrons. The number of nitrogens with zero attached hydrogens (tertiary/aromatic N) is 3. The molecule has 0 saturated carbocycles. The van der Waals surface area contributed by atoms with E-state index in [1.165, 1.54) is 11.5 Å². The van der Waals surface area contributed by atoms with E-state index in [1.807, 2.05) is 0 Å². The Morgan fingerprint density at radius 3 is 2.89 bits per heavy atom. The molecule has 0 fully saturated rings. The number of rotatable bonds is 5. The van der Waals surface area contributed by atoms with Gasteiger partial charge < -0.3 is 14.6 Å². The first-order chi connectivity index (χ1) is 9.11. The molecule has 0 amide bonds. The lowest BCUT2D eigenvalue weighted by Gasteiger charge is -2.04. The lowest BCUT2D eigenvalue weighted by atomic mass is 10.2. The van der Waals surface area contributed by atoms with Crippen molar-refractivity contribution < 1.29 is 14.1 Å². The van der Waals surface area contributed by atoms with Gasteiger partial charge in [0.1, 0.15) is 10.6 Å². The van der Waals surface area contributed by atoms with E-state index < -0.39 is 0 Å².